The van der Waals surface area contributed by atoms with E-state index in [2.05, 4.69) is 5.32 Å². The molecule has 18 heavy (non-hydrogen) atoms. The zero-order chi connectivity index (χ0) is 13.7. The van der Waals surface area contributed by atoms with Gasteiger partial charge in [0, 0.05) is 11.8 Å². The second-order valence-electron chi connectivity index (χ2n) is 5.15. The molecule has 7 heteroatoms. The third-order valence-electron chi connectivity index (χ3n) is 2.50. The molecule has 0 saturated heterocycles. The van der Waals surface area contributed by atoms with Crippen LogP contribution >= 0.6 is 12.4 Å². The van der Waals surface area contributed by atoms with E-state index in [1.807, 2.05) is 6.92 Å². The highest BCUT2D eigenvalue weighted by molar-refractivity contribution is 7.90. The van der Waals surface area contributed by atoms with Crippen LogP contribution < -0.4 is 11.1 Å². The second-order valence-corrected chi connectivity index (χ2v) is 7.41. The van der Waals surface area contributed by atoms with E-state index in [0.29, 0.717) is 12.8 Å². The monoisotopic (exact) mass is 300 g/mol. The van der Waals surface area contributed by atoms with Crippen LogP contribution in [0.4, 0.5) is 0 Å². The summed E-state index contributed by atoms with van der Waals surface area (Å²) in [5.41, 5.74) is 5.14. The normalized spacial score (nSPS) is 13.6. The molecule has 0 rings (SSSR count). The zero-order valence-corrected chi connectivity index (χ0v) is 13.2. The molecule has 0 saturated carbocycles. The number of halogens is 1. The maximum atomic E-state index is 11.7. The first-order valence-corrected chi connectivity index (χ1v) is 7.89. The Kier molecular flexibility index (Phi) is 8.85. The van der Waals surface area contributed by atoms with Gasteiger partial charge in [0.15, 0.2) is 0 Å². The molecule has 0 aromatic carbocycles. The van der Waals surface area contributed by atoms with Gasteiger partial charge in [-0.15, -0.1) is 12.4 Å². The minimum atomic E-state index is -3.01. The van der Waals surface area contributed by atoms with Crippen LogP contribution in [0, 0.1) is 0 Å². The molecule has 3 N–H and O–H groups in total. The molecule has 0 spiro atoms. The Morgan fingerprint density at radius 3 is 2.28 bits per heavy atom. The standard InChI is InChI=1S/C11H24N2O3S.ClH/c1-5-6-9(12)10(14)13-11(2,3)7-8-17(4,15)16;/h9H,5-8,12H2,1-4H3,(H,13,14);1H. The number of rotatable bonds is 7. The summed E-state index contributed by atoms with van der Waals surface area (Å²) >= 11 is 0. The van der Waals surface area contributed by atoms with Crippen LogP contribution in [0.1, 0.15) is 40.0 Å². The average molecular weight is 301 g/mol. The molecular weight excluding hydrogens is 276 g/mol. The Morgan fingerprint density at radius 1 is 1.39 bits per heavy atom. The smallest absolute Gasteiger partial charge is 0.237 e. The highest BCUT2D eigenvalue weighted by Crippen LogP contribution is 2.10. The van der Waals surface area contributed by atoms with Gasteiger partial charge in [-0.05, 0) is 26.7 Å². The SMILES string of the molecule is CCCC(N)C(=O)NC(C)(C)CCS(C)(=O)=O.Cl. The number of amides is 1. The molecule has 0 heterocycles. The summed E-state index contributed by atoms with van der Waals surface area (Å²) in [7, 11) is -3.01. The van der Waals surface area contributed by atoms with E-state index in [9.17, 15) is 13.2 Å². The molecule has 1 unspecified atom stereocenters. The number of carbonyl (C=O) groups is 1. The zero-order valence-electron chi connectivity index (χ0n) is 11.5. The molecule has 0 aliphatic rings. The van der Waals surface area contributed by atoms with Gasteiger partial charge in [-0.25, -0.2) is 8.42 Å². The number of carbonyl (C=O) groups excluding carboxylic acids is 1. The summed E-state index contributed by atoms with van der Waals surface area (Å²) in [5.74, 6) is -0.158. The van der Waals surface area contributed by atoms with Crippen molar-refractivity contribution in [1.29, 1.82) is 0 Å². The van der Waals surface area contributed by atoms with Crippen LogP contribution in [0.3, 0.4) is 0 Å². The van der Waals surface area contributed by atoms with Crippen LogP contribution in [-0.2, 0) is 14.6 Å². The Hall–Kier alpha value is -0.330. The van der Waals surface area contributed by atoms with E-state index in [4.69, 9.17) is 5.73 Å². The largest absolute Gasteiger partial charge is 0.350 e. The lowest BCUT2D eigenvalue weighted by Gasteiger charge is -2.27. The molecule has 1 atom stereocenters. The van der Waals surface area contributed by atoms with Gasteiger partial charge in [-0.3, -0.25) is 4.79 Å². The van der Waals surface area contributed by atoms with Crippen LogP contribution in [0.2, 0.25) is 0 Å². The molecule has 0 aliphatic carbocycles. The summed E-state index contributed by atoms with van der Waals surface area (Å²) in [6.45, 7) is 5.56. The lowest BCUT2D eigenvalue weighted by atomic mass is 10.0. The van der Waals surface area contributed by atoms with E-state index in [-0.39, 0.29) is 24.1 Å². The number of sulfone groups is 1. The molecule has 0 radical (unpaired) electrons. The fourth-order valence-electron chi connectivity index (χ4n) is 1.37. The van der Waals surface area contributed by atoms with Crippen molar-refractivity contribution in [2.45, 2.75) is 51.6 Å². The fourth-order valence-corrected chi connectivity index (χ4v) is 2.25. The molecule has 0 fully saturated rings. The summed E-state index contributed by atoms with van der Waals surface area (Å²) in [6, 6.07) is -0.516. The summed E-state index contributed by atoms with van der Waals surface area (Å²) in [4.78, 5) is 11.7. The third-order valence-corrected chi connectivity index (χ3v) is 3.44. The van der Waals surface area contributed by atoms with Gasteiger partial charge in [0.2, 0.25) is 5.91 Å². The maximum absolute atomic E-state index is 11.7. The van der Waals surface area contributed by atoms with Crippen molar-refractivity contribution in [2.24, 2.45) is 5.73 Å². The van der Waals surface area contributed by atoms with Crippen molar-refractivity contribution in [3.05, 3.63) is 0 Å². The quantitative estimate of drug-likeness (QED) is 0.730. The predicted molar refractivity (Wildman–Crippen MR) is 76.7 cm³/mol. The maximum Gasteiger partial charge on any atom is 0.237 e. The molecule has 0 aromatic rings. The van der Waals surface area contributed by atoms with Crippen molar-refractivity contribution in [3.63, 3.8) is 0 Å². The van der Waals surface area contributed by atoms with Gasteiger partial charge in [-0.2, -0.15) is 0 Å². The lowest BCUT2D eigenvalue weighted by Crippen LogP contribution is -2.51. The number of nitrogens with two attached hydrogens (primary N) is 1. The predicted octanol–water partition coefficient (Wildman–Crippen LogP) is 0.865. The van der Waals surface area contributed by atoms with Gasteiger partial charge in [0.05, 0.1) is 11.8 Å². The van der Waals surface area contributed by atoms with E-state index in [1.165, 1.54) is 6.26 Å². The van der Waals surface area contributed by atoms with Crippen molar-refractivity contribution in [2.75, 3.05) is 12.0 Å². The van der Waals surface area contributed by atoms with E-state index in [1.54, 1.807) is 13.8 Å². The van der Waals surface area contributed by atoms with Crippen LogP contribution in [0.25, 0.3) is 0 Å². The third kappa shape index (κ3) is 9.67. The summed E-state index contributed by atoms with van der Waals surface area (Å²) in [6.07, 6.45) is 3.05. The first kappa shape index (κ1) is 20.0. The summed E-state index contributed by atoms with van der Waals surface area (Å²) in [5, 5.41) is 2.79. The molecular formula is C11H25ClN2O3S. The first-order chi connectivity index (χ1) is 7.57. The van der Waals surface area contributed by atoms with Gasteiger partial charge < -0.3 is 11.1 Å². The highest BCUT2D eigenvalue weighted by atomic mass is 35.5. The van der Waals surface area contributed by atoms with E-state index >= 15 is 0 Å². The van der Waals surface area contributed by atoms with Crippen molar-refractivity contribution in [3.8, 4) is 0 Å². The molecule has 0 aliphatic heterocycles. The fraction of sp³-hybridized carbons (Fsp3) is 0.909. The molecule has 5 nitrogen and oxygen atoms in total. The lowest BCUT2D eigenvalue weighted by molar-refractivity contribution is -0.124. The minimum absolute atomic E-state index is 0. The second kappa shape index (κ2) is 7.96. The van der Waals surface area contributed by atoms with Gasteiger partial charge in [-0.1, -0.05) is 13.3 Å². The minimum Gasteiger partial charge on any atom is -0.350 e. The molecule has 1 amide bonds. The van der Waals surface area contributed by atoms with Gasteiger partial charge in [0.25, 0.3) is 0 Å². The van der Waals surface area contributed by atoms with Gasteiger partial charge in [0.1, 0.15) is 9.84 Å². The topological polar surface area (TPSA) is 89.3 Å². The molecule has 0 aromatic heterocycles. The van der Waals surface area contributed by atoms with Crippen LogP contribution in [0.5, 0.6) is 0 Å². The Morgan fingerprint density at radius 2 is 1.89 bits per heavy atom. The first-order valence-electron chi connectivity index (χ1n) is 5.83. The highest BCUT2D eigenvalue weighted by Gasteiger charge is 2.24. The Bertz CT molecular complexity index is 355. The molecule has 110 valence electrons. The van der Waals surface area contributed by atoms with Crippen molar-refractivity contribution < 1.29 is 13.2 Å². The van der Waals surface area contributed by atoms with Gasteiger partial charge >= 0.3 is 0 Å². The van der Waals surface area contributed by atoms with Crippen LogP contribution in [-0.4, -0.2) is 37.9 Å². The Labute approximate surface area is 116 Å². The number of nitrogens with one attached hydrogen (secondary N) is 1. The van der Waals surface area contributed by atoms with Crippen molar-refractivity contribution >= 4 is 28.2 Å². The van der Waals surface area contributed by atoms with E-state index in [0.717, 1.165) is 6.42 Å². The molecule has 0 bridgehead atoms. The Balaban J connectivity index is 0. The summed E-state index contributed by atoms with van der Waals surface area (Å²) < 4.78 is 22.1. The van der Waals surface area contributed by atoms with E-state index < -0.39 is 21.4 Å². The van der Waals surface area contributed by atoms with Crippen LogP contribution in [0.15, 0.2) is 0 Å². The average Bonchev–Trinajstić information content (AvgIpc) is 2.14. The van der Waals surface area contributed by atoms with Crippen molar-refractivity contribution in [1.82, 2.24) is 5.32 Å². The number of hydrogen-bond acceptors (Lipinski definition) is 4. The number of hydrogen-bond donors (Lipinski definition) is 2.